The summed E-state index contributed by atoms with van der Waals surface area (Å²) in [7, 11) is 0. The normalized spacial score (nSPS) is 16.1. The molecule has 0 saturated carbocycles. The molecule has 2 aromatic rings. The molecule has 2 aromatic carbocycles. The number of benzene rings is 2. The number of carbonyl (C=O) groups is 2. The summed E-state index contributed by atoms with van der Waals surface area (Å²) in [5, 5.41) is 6.08. The lowest BCUT2D eigenvalue weighted by Crippen LogP contribution is -2.45. The van der Waals surface area contributed by atoms with Crippen LogP contribution in [0.5, 0.6) is 5.75 Å². The number of allylic oxidation sites excluding steroid dienone is 1. The Labute approximate surface area is 174 Å². The van der Waals surface area contributed by atoms with E-state index in [1.54, 1.807) is 19.1 Å². The van der Waals surface area contributed by atoms with Crippen molar-refractivity contribution >= 4 is 23.6 Å². The maximum atomic E-state index is 12.6. The van der Waals surface area contributed by atoms with Gasteiger partial charge in [-0.15, -0.1) is 0 Å². The van der Waals surface area contributed by atoms with Gasteiger partial charge in [-0.2, -0.15) is 0 Å². The predicted octanol–water partition coefficient (Wildman–Crippen LogP) is 4.50. The van der Waals surface area contributed by atoms with Crippen molar-refractivity contribution in [3.8, 4) is 5.75 Å². The molecule has 0 spiro atoms. The molecule has 3 rings (SSSR count). The van der Waals surface area contributed by atoms with Gasteiger partial charge >= 0.3 is 12.0 Å². The molecule has 1 aliphatic rings. The van der Waals surface area contributed by atoms with Gasteiger partial charge in [-0.1, -0.05) is 42.8 Å². The Morgan fingerprint density at radius 3 is 2.72 bits per heavy atom. The Bertz CT molecular complexity index is 942. The molecular weight excluding hydrogens is 392 g/mol. The van der Waals surface area contributed by atoms with Crippen LogP contribution in [0.15, 0.2) is 59.8 Å². The maximum Gasteiger partial charge on any atom is 0.338 e. The molecule has 0 aliphatic carbocycles. The van der Waals surface area contributed by atoms with Crippen LogP contribution in [0.4, 0.5) is 4.79 Å². The number of rotatable bonds is 7. The molecule has 6 nitrogen and oxygen atoms in total. The third kappa shape index (κ3) is 5.29. The number of carbonyl (C=O) groups excluding carboxylic acids is 2. The molecule has 0 aromatic heterocycles. The highest BCUT2D eigenvalue weighted by Crippen LogP contribution is 2.30. The summed E-state index contributed by atoms with van der Waals surface area (Å²) in [6, 6.07) is 13.7. The minimum absolute atomic E-state index is 0.319. The van der Waals surface area contributed by atoms with Crippen molar-refractivity contribution in [3.63, 3.8) is 0 Å². The minimum atomic E-state index is -0.622. The summed E-state index contributed by atoms with van der Waals surface area (Å²) in [6.45, 7) is 4.28. The van der Waals surface area contributed by atoms with Crippen LogP contribution in [-0.4, -0.2) is 18.6 Å². The number of urea groups is 1. The summed E-state index contributed by atoms with van der Waals surface area (Å²) in [4.78, 5) is 24.6. The number of hydrogen-bond acceptors (Lipinski definition) is 4. The SMILES string of the molecule is CCCOC(=O)C1=C(C)NC(=O)NC1c1cccc(OCc2cccc(Cl)c2)c1. The molecule has 0 radical (unpaired) electrons. The number of halogens is 1. The Morgan fingerprint density at radius 2 is 1.97 bits per heavy atom. The fourth-order valence-electron chi connectivity index (χ4n) is 3.06. The van der Waals surface area contributed by atoms with Crippen molar-refractivity contribution in [1.29, 1.82) is 0 Å². The molecule has 29 heavy (non-hydrogen) atoms. The van der Waals surface area contributed by atoms with Gasteiger partial charge in [-0.25, -0.2) is 9.59 Å². The Kier molecular flexibility index (Phi) is 6.77. The van der Waals surface area contributed by atoms with Gasteiger partial charge in [0.25, 0.3) is 0 Å². The molecule has 2 amide bonds. The van der Waals surface area contributed by atoms with Crippen molar-refractivity contribution in [2.45, 2.75) is 32.9 Å². The monoisotopic (exact) mass is 414 g/mol. The number of nitrogens with one attached hydrogen (secondary N) is 2. The van der Waals surface area contributed by atoms with Crippen LogP contribution in [0.25, 0.3) is 0 Å². The smallest absolute Gasteiger partial charge is 0.338 e. The molecule has 1 aliphatic heterocycles. The van der Waals surface area contributed by atoms with Crippen LogP contribution >= 0.6 is 11.6 Å². The summed E-state index contributed by atoms with van der Waals surface area (Å²) in [6.07, 6.45) is 0.718. The van der Waals surface area contributed by atoms with E-state index in [0.29, 0.717) is 35.3 Å². The van der Waals surface area contributed by atoms with E-state index in [0.717, 1.165) is 17.5 Å². The molecule has 152 valence electrons. The van der Waals surface area contributed by atoms with Gasteiger partial charge in [0.05, 0.1) is 18.2 Å². The first kappa shape index (κ1) is 20.7. The van der Waals surface area contributed by atoms with Crippen molar-refractivity contribution in [1.82, 2.24) is 10.6 Å². The molecule has 0 bridgehead atoms. The van der Waals surface area contributed by atoms with Crippen LogP contribution in [0.1, 0.15) is 37.4 Å². The zero-order valence-corrected chi connectivity index (χ0v) is 17.1. The summed E-state index contributed by atoms with van der Waals surface area (Å²) in [5.41, 5.74) is 2.53. The largest absolute Gasteiger partial charge is 0.489 e. The molecule has 0 saturated heterocycles. The quantitative estimate of drug-likeness (QED) is 0.654. The van der Waals surface area contributed by atoms with Crippen molar-refractivity contribution < 1.29 is 19.1 Å². The third-order valence-electron chi connectivity index (χ3n) is 4.41. The van der Waals surface area contributed by atoms with Gasteiger partial charge in [0.15, 0.2) is 0 Å². The highest BCUT2D eigenvalue weighted by atomic mass is 35.5. The third-order valence-corrected chi connectivity index (χ3v) is 4.65. The molecule has 0 fully saturated rings. The lowest BCUT2D eigenvalue weighted by atomic mass is 9.95. The van der Waals surface area contributed by atoms with Gasteiger partial charge < -0.3 is 20.1 Å². The Balaban J connectivity index is 1.82. The number of ether oxygens (including phenoxy) is 2. The standard InChI is InChI=1S/C22H23ClN2O4/c1-3-10-28-21(26)19-14(2)24-22(27)25-20(19)16-7-5-9-18(12-16)29-13-15-6-4-8-17(23)11-15/h4-9,11-12,20H,3,10,13H2,1-2H3,(H2,24,25,27). The second-order valence-electron chi connectivity index (χ2n) is 6.70. The van der Waals surface area contributed by atoms with Crippen LogP contribution < -0.4 is 15.4 Å². The molecule has 7 heteroatoms. The Morgan fingerprint density at radius 1 is 1.17 bits per heavy atom. The van der Waals surface area contributed by atoms with E-state index in [9.17, 15) is 9.59 Å². The summed E-state index contributed by atoms with van der Waals surface area (Å²) < 4.78 is 11.2. The van der Waals surface area contributed by atoms with Crippen molar-refractivity contribution in [2.75, 3.05) is 6.61 Å². The average molecular weight is 415 g/mol. The van der Waals surface area contributed by atoms with Gasteiger partial charge in [-0.05, 0) is 48.7 Å². The summed E-state index contributed by atoms with van der Waals surface area (Å²) in [5.74, 6) is 0.168. The predicted molar refractivity (Wildman–Crippen MR) is 111 cm³/mol. The van der Waals surface area contributed by atoms with E-state index in [1.807, 2.05) is 43.3 Å². The molecule has 1 heterocycles. The molecule has 1 atom stereocenters. The second kappa shape index (κ2) is 9.47. The first-order chi connectivity index (χ1) is 14.0. The van der Waals surface area contributed by atoms with Gasteiger partial charge in [0, 0.05) is 10.7 Å². The highest BCUT2D eigenvalue weighted by molar-refractivity contribution is 6.30. The zero-order valence-electron chi connectivity index (χ0n) is 16.3. The van der Waals surface area contributed by atoms with E-state index in [2.05, 4.69) is 10.6 Å². The van der Waals surface area contributed by atoms with E-state index < -0.39 is 12.0 Å². The maximum absolute atomic E-state index is 12.6. The van der Waals surface area contributed by atoms with Gasteiger partial charge in [0.2, 0.25) is 0 Å². The Hall–Kier alpha value is -2.99. The number of esters is 1. The first-order valence-corrected chi connectivity index (χ1v) is 9.78. The van der Waals surface area contributed by atoms with Crippen LogP contribution in [0.2, 0.25) is 5.02 Å². The van der Waals surface area contributed by atoms with Crippen LogP contribution in [-0.2, 0) is 16.1 Å². The van der Waals surface area contributed by atoms with E-state index in [4.69, 9.17) is 21.1 Å². The van der Waals surface area contributed by atoms with Crippen molar-refractivity contribution in [2.24, 2.45) is 0 Å². The van der Waals surface area contributed by atoms with Gasteiger partial charge in [-0.3, -0.25) is 0 Å². The first-order valence-electron chi connectivity index (χ1n) is 9.40. The summed E-state index contributed by atoms with van der Waals surface area (Å²) >= 11 is 6.01. The van der Waals surface area contributed by atoms with E-state index >= 15 is 0 Å². The number of hydrogen-bond donors (Lipinski definition) is 2. The average Bonchev–Trinajstić information content (AvgIpc) is 2.70. The highest BCUT2D eigenvalue weighted by Gasteiger charge is 2.32. The second-order valence-corrected chi connectivity index (χ2v) is 7.13. The van der Waals surface area contributed by atoms with E-state index in [-0.39, 0.29) is 6.03 Å². The fourth-order valence-corrected chi connectivity index (χ4v) is 3.28. The lowest BCUT2D eigenvalue weighted by molar-refractivity contribution is -0.139. The van der Waals surface area contributed by atoms with Crippen LogP contribution in [0, 0.1) is 0 Å². The van der Waals surface area contributed by atoms with Gasteiger partial charge in [0.1, 0.15) is 12.4 Å². The lowest BCUT2D eigenvalue weighted by Gasteiger charge is -2.28. The number of amides is 2. The van der Waals surface area contributed by atoms with Crippen molar-refractivity contribution in [3.05, 3.63) is 76.0 Å². The zero-order chi connectivity index (χ0) is 20.8. The fraction of sp³-hybridized carbons (Fsp3) is 0.273. The van der Waals surface area contributed by atoms with Crippen LogP contribution in [0.3, 0.4) is 0 Å². The van der Waals surface area contributed by atoms with E-state index in [1.165, 1.54) is 0 Å². The molecular formula is C22H23ClN2O4. The molecule has 1 unspecified atom stereocenters. The minimum Gasteiger partial charge on any atom is -0.489 e. The topological polar surface area (TPSA) is 76.7 Å². The molecule has 2 N–H and O–H groups in total.